The lowest BCUT2D eigenvalue weighted by atomic mass is 10.2. The van der Waals surface area contributed by atoms with E-state index >= 15 is 0 Å². The number of hydrogen-bond donors (Lipinski definition) is 3. The number of para-hydroxylation sites is 1. The standard InChI is InChI=1S/C16H19N5O2/c17-14(22)13-10-19-16(18-9-12-7-4-8-23-12)21-15(13)20-11-5-2-1-3-6-11/h1-3,5-6,10,12H,4,7-9H2,(H2,17,22)(H2,18,19,20,21). The Morgan fingerprint density at radius 3 is 2.87 bits per heavy atom. The average Bonchev–Trinajstić information content (AvgIpc) is 3.07. The Labute approximate surface area is 134 Å². The van der Waals surface area contributed by atoms with Crippen molar-refractivity contribution in [2.45, 2.75) is 18.9 Å². The van der Waals surface area contributed by atoms with Crippen molar-refractivity contribution in [3.05, 3.63) is 42.1 Å². The number of ether oxygens (including phenoxy) is 1. The van der Waals surface area contributed by atoms with Gasteiger partial charge in [0.25, 0.3) is 5.91 Å². The van der Waals surface area contributed by atoms with Gasteiger partial charge in [-0.3, -0.25) is 4.79 Å². The number of nitrogens with two attached hydrogens (primary N) is 1. The van der Waals surface area contributed by atoms with E-state index in [-0.39, 0.29) is 11.7 Å². The van der Waals surface area contributed by atoms with E-state index < -0.39 is 5.91 Å². The van der Waals surface area contributed by atoms with Crippen molar-refractivity contribution < 1.29 is 9.53 Å². The molecule has 2 heterocycles. The van der Waals surface area contributed by atoms with Gasteiger partial charge in [0.2, 0.25) is 5.95 Å². The third kappa shape index (κ3) is 3.95. The summed E-state index contributed by atoms with van der Waals surface area (Å²) in [6, 6.07) is 9.46. The Kier molecular flexibility index (Phi) is 4.68. The van der Waals surface area contributed by atoms with Crippen molar-refractivity contribution in [3.8, 4) is 0 Å². The number of benzene rings is 1. The van der Waals surface area contributed by atoms with Crippen LogP contribution in [0.4, 0.5) is 17.5 Å². The first-order chi connectivity index (χ1) is 11.2. The molecule has 1 aromatic heterocycles. The van der Waals surface area contributed by atoms with Crippen molar-refractivity contribution in [1.82, 2.24) is 9.97 Å². The van der Waals surface area contributed by atoms with Crippen molar-refractivity contribution in [1.29, 1.82) is 0 Å². The monoisotopic (exact) mass is 313 g/mol. The maximum absolute atomic E-state index is 11.6. The molecule has 1 aliphatic heterocycles. The SMILES string of the molecule is NC(=O)c1cnc(NCC2CCCO2)nc1Nc1ccccc1. The fraction of sp³-hybridized carbons (Fsp3) is 0.312. The number of rotatable bonds is 6. The molecule has 0 bridgehead atoms. The Morgan fingerprint density at radius 1 is 1.35 bits per heavy atom. The summed E-state index contributed by atoms with van der Waals surface area (Å²) in [6.45, 7) is 1.44. The minimum absolute atomic E-state index is 0.181. The molecule has 3 rings (SSSR count). The van der Waals surface area contributed by atoms with Gasteiger partial charge in [-0.25, -0.2) is 4.98 Å². The zero-order valence-corrected chi connectivity index (χ0v) is 12.7. The first kappa shape index (κ1) is 15.2. The van der Waals surface area contributed by atoms with Crippen molar-refractivity contribution in [2.75, 3.05) is 23.8 Å². The normalized spacial score (nSPS) is 17.0. The largest absolute Gasteiger partial charge is 0.376 e. The number of hydrogen-bond acceptors (Lipinski definition) is 6. The van der Waals surface area contributed by atoms with Crippen LogP contribution in [0.1, 0.15) is 23.2 Å². The highest BCUT2D eigenvalue weighted by Gasteiger charge is 2.17. The molecule has 1 amide bonds. The first-order valence-corrected chi connectivity index (χ1v) is 7.57. The fourth-order valence-electron chi connectivity index (χ4n) is 2.41. The molecule has 7 heteroatoms. The highest BCUT2D eigenvalue weighted by Crippen LogP contribution is 2.20. The van der Waals surface area contributed by atoms with Gasteiger partial charge in [0.15, 0.2) is 0 Å². The quantitative estimate of drug-likeness (QED) is 0.753. The van der Waals surface area contributed by atoms with Crippen LogP contribution in [-0.4, -0.2) is 35.1 Å². The van der Waals surface area contributed by atoms with Gasteiger partial charge in [0, 0.05) is 25.0 Å². The number of anilines is 3. The third-order valence-electron chi connectivity index (χ3n) is 3.60. The molecule has 23 heavy (non-hydrogen) atoms. The van der Waals surface area contributed by atoms with Crippen LogP contribution >= 0.6 is 0 Å². The van der Waals surface area contributed by atoms with Gasteiger partial charge in [-0.2, -0.15) is 4.98 Å². The number of carbonyl (C=O) groups is 1. The Morgan fingerprint density at radius 2 is 2.17 bits per heavy atom. The van der Waals surface area contributed by atoms with Gasteiger partial charge in [-0.1, -0.05) is 18.2 Å². The summed E-state index contributed by atoms with van der Waals surface area (Å²) in [5, 5.41) is 6.24. The summed E-state index contributed by atoms with van der Waals surface area (Å²) in [5.41, 5.74) is 6.46. The molecule has 1 aromatic carbocycles. The third-order valence-corrected chi connectivity index (χ3v) is 3.60. The molecule has 1 saturated heterocycles. The van der Waals surface area contributed by atoms with Crippen molar-refractivity contribution in [2.24, 2.45) is 5.73 Å². The molecule has 0 spiro atoms. The van der Waals surface area contributed by atoms with E-state index in [1.165, 1.54) is 6.20 Å². The van der Waals surface area contributed by atoms with Crippen molar-refractivity contribution >= 4 is 23.4 Å². The second kappa shape index (κ2) is 7.06. The summed E-state index contributed by atoms with van der Waals surface area (Å²) in [7, 11) is 0. The van der Waals surface area contributed by atoms with E-state index in [2.05, 4.69) is 20.6 Å². The molecule has 2 aromatic rings. The lowest BCUT2D eigenvalue weighted by Gasteiger charge is -2.13. The highest BCUT2D eigenvalue weighted by atomic mass is 16.5. The topological polar surface area (TPSA) is 102 Å². The summed E-state index contributed by atoms with van der Waals surface area (Å²) in [6.07, 6.45) is 3.72. The average molecular weight is 313 g/mol. The van der Waals surface area contributed by atoms with Gasteiger partial charge in [-0.05, 0) is 25.0 Å². The van der Waals surface area contributed by atoms with Crippen molar-refractivity contribution in [3.63, 3.8) is 0 Å². The van der Waals surface area contributed by atoms with E-state index in [4.69, 9.17) is 10.5 Å². The predicted molar refractivity (Wildman–Crippen MR) is 87.7 cm³/mol. The second-order valence-corrected chi connectivity index (χ2v) is 5.33. The number of amides is 1. The number of nitrogens with zero attached hydrogens (tertiary/aromatic N) is 2. The molecule has 1 fully saturated rings. The molecule has 7 nitrogen and oxygen atoms in total. The van der Waals surface area contributed by atoms with E-state index in [0.29, 0.717) is 18.3 Å². The van der Waals surface area contributed by atoms with Crippen LogP contribution in [0.5, 0.6) is 0 Å². The minimum Gasteiger partial charge on any atom is -0.376 e. The van der Waals surface area contributed by atoms with E-state index in [9.17, 15) is 4.79 Å². The highest BCUT2D eigenvalue weighted by molar-refractivity contribution is 5.98. The maximum Gasteiger partial charge on any atom is 0.254 e. The number of primary amides is 1. The van der Waals surface area contributed by atoms with Crippen LogP contribution in [0, 0.1) is 0 Å². The number of nitrogens with one attached hydrogen (secondary N) is 2. The maximum atomic E-state index is 11.6. The van der Waals surface area contributed by atoms with Gasteiger partial charge in [-0.15, -0.1) is 0 Å². The molecule has 0 aliphatic carbocycles. The van der Waals surface area contributed by atoms with Crippen LogP contribution in [0.2, 0.25) is 0 Å². The summed E-state index contributed by atoms with van der Waals surface area (Å²) in [5.74, 6) is 0.242. The lowest BCUT2D eigenvalue weighted by Crippen LogP contribution is -2.21. The van der Waals surface area contributed by atoms with Gasteiger partial charge >= 0.3 is 0 Å². The van der Waals surface area contributed by atoms with Crippen LogP contribution < -0.4 is 16.4 Å². The molecular formula is C16H19N5O2. The number of carbonyl (C=O) groups excluding carboxylic acids is 1. The van der Waals surface area contributed by atoms with Crippen LogP contribution in [0.3, 0.4) is 0 Å². The molecule has 120 valence electrons. The van der Waals surface area contributed by atoms with E-state index in [0.717, 1.165) is 25.1 Å². The molecular weight excluding hydrogens is 294 g/mol. The van der Waals surface area contributed by atoms with Crippen LogP contribution in [-0.2, 0) is 4.74 Å². The smallest absolute Gasteiger partial charge is 0.254 e. The summed E-state index contributed by atoms with van der Waals surface area (Å²) in [4.78, 5) is 20.1. The van der Waals surface area contributed by atoms with Gasteiger partial charge in [0.1, 0.15) is 11.4 Å². The Bertz CT molecular complexity index is 671. The molecule has 1 unspecified atom stereocenters. The summed E-state index contributed by atoms with van der Waals surface area (Å²) < 4.78 is 5.55. The minimum atomic E-state index is -0.575. The fourth-order valence-corrected chi connectivity index (χ4v) is 2.41. The number of aromatic nitrogens is 2. The van der Waals surface area contributed by atoms with E-state index in [1.54, 1.807) is 0 Å². The Hall–Kier alpha value is -2.67. The van der Waals surface area contributed by atoms with Crippen LogP contribution in [0.25, 0.3) is 0 Å². The molecule has 1 atom stereocenters. The molecule has 4 N–H and O–H groups in total. The predicted octanol–water partition coefficient (Wildman–Crippen LogP) is 1.91. The first-order valence-electron chi connectivity index (χ1n) is 7.57. The van der Waals surface area contributed by atoms with Crippen LogP contribution in [0.15, 0.2) is 36.5 Å². The molecule has 1 aliphatic rings. The van der Waals surface area contributed by atoms with E-state index in [1.807, 2.05) is 30.3 Å². The zero-order valence-electron chi connectivity index (χ0n) is 12.7. The zero-order chi connectivity index (χ0) is 16.1. The van der Waals surface area contributed by atoms with Gasteiger partial charge < -0.3 is 21.1 Å². The molecule has 0 radical (unpaired) electrons. The lowest BCUT2D eigenvalue weighted by molar-refractivity contribution is 0.100. The Balaban J connectivity index is 1.76. The summed E-state index contributed by atoms with van der Waals surface area (Å²) >= 11 is 0. The van der Waals surface area contributed by atoms with Gasteiger partial charge in [0.05, 0.1) is 6.10 Å². The second-order valence-electron chi connectivity index (χ2n) is 5.33. The molecule has 0 saturated carbocycles.